The van der Waals surface area contributed by atoms with E-state index in [1.54, 1.807) is 27.7 Å². The Bertz CT molecular complexity index is 664. The number of rotatable bonds is 7. The van der Waals surface area contributed by atoms with E-state index in [0.29, 0.717) is 11.1 Å². The number of nitrogens with one attached hydrogen (secondary N) is 1. The van der Waals surface area contributed by atoms with E-state index >= 15 is 0 Å². The lowest BCUT2D eigenvalue weighted by atomic mass is 9.99. The van der Waals surface area contributed by atoms with Crippen LogP contribution in [0.15, 0.2) is 30.8 Å². The van der Waals surface area contributed by atoms with Crippen molar-refractivity contribution < 1.29 is 26.9 Å². The zero-order valence-corrected chi connectivity index (χ0v) is 16.1. The monoisotopic (exact) mass is 391 g/mol. The van der Waals surface area contributed by atoms with Crippen LogP contribution in [-0.2, 0) is 26.7 Å². The van der Waals surface area contributed by atoms with Gasteiger partial charge in [0.05, 0.1) is 27.9 Å². The van der Waals surface area contributed by atoms with Crippen LogP contribution in [0.5, 0.6) is 0 Å². The van der Waals surface area contributed by atoms with Gasteiger partial charge in [-0.15, -0.1) is 0 Å². The van der Waals surface area contributed by atoms with Crippen molar-refractivity contribution in [3.63, 3.8) is 0 Å². The molecular formula is C18H24F3NO3S. The van der Waals surface area contributed by atoms with Crippen LogP contribution < -0.4 is 4.72 Å². The van der Waals surface area contributed by atoms with Crippen molar-refractivity contribution in [2.45, 2.75) is 51.1 Å². The summed E-state index contributed by atoms with van der Waals surface area (Å²) in [5.41, 5.74) is 0.147. The van der Waals surface area contributed by atoms with Gasteiger partial charge in [0, 0.05) is 0 Å². The van der Waals surface area contributed by atoms with Crippen molar-refractivity contribution in [1.82, 2.24) is 4.72 Å². The topological polar surface area (TPSA) is 55.4 Å². The summed E-state index contributed by atoms with van der Waals surface area (Å²) >= 11 is 0. The summed E-state index contributed by atoms with van der Waals surface area (Å²) in [6.45, 7) is 10.9. The summed E-state index contributed by atoms with van der Waals surface area (Å²) in [7, 11) is -1.52. The SMILES string of the molecule is C=C(C[C@H](NS(=O)C(C)(C)C)C(=O)OCC)c1ccc(C(F)(F)F)cc1. The standard InChI is InChI=1S/C18H24F3NO3S/c1-6-25-16(23)15(22-26(24)17(3,4)5)11-12(2)13-7-9-14(10-8-13)18(19,20)21/h7-10,15,22H,2,6,11H2,1,3-5H3/t15-,26?/m0/s1. The molecule has 0 saturated carbocycles. The highest BCUT2D eigenvalue weighted by atomic mass is 32.2. The van der Waals surface area contributed by atoms with E-state index in [-0.39, 0.29) is 13.0 Å². The molecule has 0 saturated heterocycles. The van der Waals surface area contributed by atoms with Gasteiger partial charge >= 0.3 is 12.1 Å². The molecule has 146 valence electrons. The molecule has 0 aromatic heterocycles. The van der Waals surface area contributed by atoms with Gasteiger partial charge in [-0.2, -0.15) is 13.2 Å². The van der Waals surface area contributed by atoms with E-state index in [2.05, 4.69) is 11.3 Å². The number of benzene rings is 1. The van der Waals surface area contributed by atoms with Crippen molar-refractivity contribution in [2.24, 2.45) is 0 Å². The normalized spacial score (nSPS) is 14.6. The molecule has 0 amide bonds. The molecule has 0 radical (unpaired) electrons. The Balaban J connectivity index is 2.94. The van der Waals surface area contributed by atoms with Gasteiger partial charge in [0.25, 0.3) is 0 Å². The maximum atomic E-state index is 12.6. The van der Waals surface area contributed by atoms with Crippen molar-refractivity contribution in [3.8, 4) is 0 Å². The molecule has 1 unspecified atom stereocenters. The average Bonchev–Trinajstić information content (AvgIpc) is 2.52. The van der Waals surface area contributed by atoms with Gasteiger partial charge in [-0.1, -0.05) is 18.7 Å². The van der Waals surface area contributed by atoms with Crippen LogP contribution in [0.3, 0.4) is 0 Å². The molecule has 0 aliphatic heterocycles. The zero-order chi connectivity index (χ0) is 20.1. The third-order valence-electron chi connectivity index (χ3n) is 3.45. The number of esters is 1. The molecule has 0 spiro atoms. The molecule has 1 aromatic carbocycles. The van der Waals surface area contributed by atoms with Crippen molar-refractivity contribution >= 4 is 22.5 Å². The van der Waals surface area contributed by atoms with E-state index in [0.717, 1.165) is 12.1 Å². The predicted molar refractivity (Wildman–Crippen MR) is 96.5 cm³/mol. The van der Waals surface area contributed by atoms with Crippen LogP contribution in [0.2, 0.25) is 0 Å². The first kappa shape index (κ1) is 22.4. The van der Waals surface area contributed by atoms with Gasteiger partial charge in [-0.05, 0) is 57.4 Å². The molecule has 0 heterocycles. The Morgan fingerprint density at radius 3 is 2.19 bits per heavy atom. The fraction of sp³-hybridized carbons (Fsp3) is 0.500. The smallest absolute Gasteiger partial charge is 0.416 e. The second kappa shape index (κ2) is 8.81. The lowest BCUT2D eigenvalue weighted by Crippen LogP contribution is -2.44. The van der Waals surface area contributed by atoms with Crippen LogP contribution in [0.25, 0.3) is 5.57 Å². The van der Waals surface area contributed by atoms with Crippen molar-refractivity contribution in [2.75, 3.05) is 6.61 Å². The molecule has 26 heavy (non-hydrogen) atoms. The Hall–Kier alpha value is -1.67. The Kier molecular flexibility index (Phi) is 7.58. The average molecular weight is 391 g/mol. The molecule has 0 aliphatic rings. The molecule has 0 bridgehead atoms. The van der Waals surface area contributed by atoms with Crippen LogP contribution in [0.4, 0.5) is 13.2 Å². The van der Waals surface area contributed by atoms with E-state index in [1.807, 2.05) is 0 Å². The first-order valence-electron chi connectivity index (χ1n) is 8.06. The molecule has 1 N–H and O–H groups in total. The first-order chi connectivity index (χ1) is 11.9. The van der Waals surface area contributed by atoms with Gasteiger partial charge in [-0.3, -0.25) is 4.79 Å². The van der Waals surface area contributed by atoms with E-state index < -0.39 is 39.5 Å². The summed E-state index contributed by atoms with van der Waals surface area (Å²) in [6, 6.07) is 3.61. The van der Waals surface area contributed by atoms with Crippen LogP contribution >= 0.6 is 0 Å². The molecule has 0 fully saturated rings. The Labute approximate surface area is 154 Å². The van der Waals surface area contributed by atoms with Gasteiger partial charge in [0.2, 0.25) is 0 Å². The second-order valence-corrected chi connectivity index (χ2v) is 8.68. The van der Waals surface area contributed by atoms with Gasteiger partial charge < -0.3 is 4.74 Å². The minimum Gasteiger partial charge on any atom is -0.465 e. The van der Waals surface area contributed by atoms with E-state index in [4.69, 9.17) is 4.74 Å². The highest BCUT2D eigenvalue weighted by Crippen LogP contribution is 2.30. The summed E-state index contributed by atoms with van der Waals surface area (Å²) < 4.78 is 57.4. The third-order valence-corrected chi connectivity index (χ3v) is 5.06. The van der Waals surface area contributed by atoms with Gasteiger partial charge in [-0.25, -0.2) is 8.93 Å². The highest BCUT2D eigenvalue weighted by Gasteiger charge is 2.31. The number of carbonyl (C=O) groups excluding carboxylic acids is 1. The molecule has 0 aliphatic carbocycles. The number of halogens is 3. The van der Waals surface area contributed by atoms with Crippen LogP contribution in [-0.4, -0.2) is 27.6 Å². The lowest BCUT2D eigenvalue weighted by molar-refractivity contribution is -0.145. The molecule has 1 rings (SSSR count). The van der Waals surface area contributed by atoms with Crippen LogP contribution in [0, 0.1) is 0 Å². The maximum Gasteiger partial charge on any atom is 0.416 e. The largest absolute Gasteiger partial charge is 0.465 e. The molecule has 2 atom stereocenters. The Morgan fingerprint density at radius 1 is 1.23 bits per heavy atom. The fourth-order valence-corrected chi connectivity index (χ4v) is 2.77. The van der Waals surface area contributed by atoms with Gasteiger partial charge in [0.1, 0.15) is 6.04 Å². The minimum absolute atomic E-state index is 0.0615. The summed E-state index contributed by atoms with van der Waals surface area (Å²) in [5, 5.41) is 0. The minimum atomic E-state index is -4.42. The number of alkyl halides is 3. The second-order valence-electron chi connectivity index (χ2n) is 6.69. The first-order valence-corrected chi connectivity index (χ1v) is 9.21. The highest BCUT2D eigenvalue weighted by molar-refractivity contribution is 7.84. The number of ether oxygens (including phenoxy) is 1. The Morgan fingerprint density at radius 2 is 1.77 bits per heavy atom. The number of hydrogen-bond acceptors (Lipinski definition) is 3. The van der Waals surface area contributed by atoms with E-state index in [9.17, 15) is 22.2 Å². The molecule has 1 aromatic rings. The summed E-state index contributed by atoms with van der Waals surface area (Å²) in [4.78, 5) is 12.1. The maximum absolute atomic E-state index is 12.6. The molecular weight excluding hydrogens is 367 g/mol. The predicted octanol–water partition coefficient (Wildman–Crippen LogP) is 4.09. The van der Waals surface area contributed by atoms with Crippen molar-refractivity contribution in [1.29, 1.82) is 0 Å². The van der Waals surface area contributed by atoms with Gasteiger partial charge in [0.15, 0.2) is 0 Å². The number of carbonyl (C=O) groups is 1. The molecule has 8 heteroatoms. The number of hydrogen-bond donors (Lipinski definition) is 1. The quantitative estimate of drug-likeness (QED) is 0.712. The van der Waals surface area contributed by atoms with Crippen molar-refractivity contribution in [3.05, 3.63) is 42.0 Å². The van der Waals surface area contributed by atoms with E-state index in [1.165, 1.54) is 12.1 Å². The fourth-order valence-electron chi connectivity index (χ4n) is 1.98. The third kappa shape index (κ3) is 6.57. The summed E-state index contributed by atoms with van der Waals surface area (Å²) in [6.07, 6.45) is -4.36. The lowest BCUT2D eigenvalue weighted by Gasteiger charge is -2.23. The molecule has 4 nitrogen and oxygen atoms in total. The zero-order valence-electron chi connectivity index (χ0n) is 15.3. The summed E-state index contributed by atoms with van der Waals surface area (Å²) in [5.74, 6) is -0.585. The van der Waals surface area contributed by atoms with Crippen LogP contribution in [0.1, 0.15) is 45.2 Å².